The molecule has 0 spiro atoms. The van der Waals surface area contributed by atoms with Crippen molar-refractivity contribution < 1.29 is 23.5 Å². The number of amides is 3. The fraction of sp³-hybridized carbons (Fsp3) is 0.375. The summed E-state index contributed by atoms with van der Waals surface area (Å²) in [5.41, 5.74) is 2.70. The minimum Gasteiger partial charge on any atom is -0.370 e. The summed E-state index contributed by atoms with van der Waals surface area (Å²) in [7, 11) is 1.61. The molecular weight excluding hydrogens is 619 g/mol. The van der Waals surface area contributed by atoms with Crippen LogP contribution in [-0.2, 0) is 38.4 Å². The maximum absolute atomic E-state index is 14.6. The van der Waals surface area contributed by atoms with Crippen molar-refractivity contribution in [3.63, 3.8) is 0 Å². The van der Waals surface area contributed by atoms with Gasteiger partial charge in [-0.1, -0.05) is 84.9 Å². The van der Waals surface area contributed by atoms with Gasteiger partial charge in [0, 0.05) is 39.0 Å². The molecule has 258 valence electrons. The molecule has 3 amide bonds. The van der Waals surface area contributed by atoms with Gasteiger partial charge in [-0.2, -0.15) is 0 Å². The van der Waals surface area contributed by atoms with E-state index in [0.717, 1.165) is 41.3 Å². The monoisotopic (exact) mass is 666 g/mol. The number of carbonyl (C=O) groups is 3. The molecule has 1 aliphatic heterocycles. The van der Waals surface area contributed by atoms with Gasteiger partial charge in [0.1, 0.15) is 24.5 Å². The van der Waals surface area contributed by atoms with Gasteiger partial charge in [-0.25, -0.2) is 4.39 Å². The Morgan fingerprint density at radius 1 is 0.878 bits per heavy atom. The Kier molecular flexibility index (Phi) is 12.9. The summed E-state index contributed by atoms with van der Waals surface area (Å²) in [6.07, 6.45) is 3.16. The Labute approximate surface area is 288 Å². The van der Waals surface area contributed by atoms with Crippen LogP contribution in [0.4, 0.5) is 4.39 Å². The van der Waals surface area contributed by atoms with E-state index in [0.29, 0.717) is 25.1 Å². The molecule has 5 rings (SSSR count). The molecule has 0 radical (unpaired) electrons. The van der Waals surface area contributed by atoms with E-state index in [9.17, 15) is 18.8 Å². The van der Waals surface area contributed by atoms with Gasteiger partial charge in [0.05, 0.1) is 6.61 Å². The first kappa shape index (κ1) is 35.7. The third-order valence-corrected chi connectivity index (χ3v) is 9.29. The molecule has 9 heteroatoms. The number of hydrogen-bond donors (Lipinski definition) is 2. The number of rotatable bonds is 16. The number of nitrogens with zero attached hydrogens (tertiary/aromatic N) is 2. The molecule has 0 unspecified atom stereocenters. The Morgan fingerprint density at radius 3 is 2.29 bits per heavy atom. The van der Waals surface area contributed by atoms with Gasteiger partial charge in [0.15, 0.2) is 0 Å². The van der Waals surface area contributed by atoms with E-state index < -0.39 is 12.1 Å². The van der Waals surface area contributed by atoms with Crippen LogP contribution in [0.1, 0.15) is 36.5 Å². The summed E-state index contributed by atoms with van der Waals surface area (Å²) in [5.74, 6) is -1.33. The van der Waals surface area contributed by atoms with E-state index in [-0.39, 0.29) is 55.6 Å². The number of benzene rings is 4. The van der Waals surface area contributed by atoms with Crippen molar-refractivity contribution in [3.05, 3.63) is 120 Å². The number of fused-ring (bicyclic) bond motifs is 1. The van der Waals surface area contributed by atoms with E-state index in [1.807, 2.05) is 79.7 Å². The lowest BCUT2D eigenvalue weighted by Gasteiger charge is -2.36. The summed E-state index contributed by atoms with van der Waals surface area (Å²) in [5, 5.41) is 8.51. The molecule has 4 aromatic rings. The van der Waals surface area contributed by atoms with Crippen LogP contribution in [0.25, 0.3) is 10.8 Å². The topological polar surface area (TPSA) is 91.0 Å². The highest BCUT2D eigenvalue weighted by molar-refractivity contribution is 5.93. The average Bonchev–Trinajstić information content (AvgIpc) is 3.64. The number of ether oxygens (including phenoxy) is 1. The molecule has 8 nitrogen and oxygen atoms in total. The fourth-order valence-electron chi connectivity index (χ4n) is 6.49. The van der Waals surface area contributed by atoms with Crippen LogP contribution < -0.4 is 10.6 Å². The quantitative estimate of drug-likeness (QED) is 0.177. The second kappa shape index (κ2) is 17.7. The van der Waals surface area contributed by atoms with Gasteiger partial charge in [-0.3, -0.25) is 14.4 Å². The van der Waals surface area contributed by atoms with Crippen LogP contribution in [0.5, 0.6) is 0 Å². The SMILES string of the molecule is CCN(C(=O)COC[C@H]1CCCN1)[C@H](Cc1ccc2ccccc2c1)C(=O)N(C)[C@H](Cc1ccc(F)cc1)C(=O)NCCc1ccccc1. The number of halogens is 1. The minimum atomic E-state index is -0.897. The number of likely N-dealkylation sites (N-methyl/N-ethyl adjacent to an activating group) is 2. The second-order valence-corrected chi connectivity index (χ2v) is 12.7. The van der Waals surface area contributed by atoms with Crippen LogP contribution in [0.2, 0.25) is 0 Å². The molecule has 0 aliphatic carbocycles. The smallest absolute Gasteiger partial charge is 0.249 e. The summed E-state index contributed by atoms with van der Waals surface area (Å²) < 4.78 is 19.6. The van der Waals surface area contributed by atoms with E-state index >= 15 is 0 Å². The van der Waals surface area contributed by atoms with Crippen molar-refractivity contribution in [3.8, 4) is 0 Å². The lowest BCUT2D eigenvalue weighted by molar-refractivity contribution is -0.150. The van der Waals surface area contributed by atoms with Crippen molar-refractivity contribution in [2.75, 3.05) is 39.9 Å². The molecule has 49 heavy (non-hydrogen) atoms. The van der Waals surface area contributed by atoms with Gasteiger partial charge in [0.2, 0.25) is 17.7 Å². The Bertz CT molecular complexity index is 1680. The Balaban J connectivity index is 1.39. The average molecular weight is 667 g/mol. The van der Waals surface area contributed by atoms with Crippen molar-refractivity contribution in [2.45, 2.75) is 57.2 Å². The second-order valence-electron chi connectivity index (χ2n) is 12.7. The third-order valence-electron chi connectivity index (χ3n) is 9.29. The minimum absolute atomic E-state index is 0.143. The molecular formula is C40H47FN4O4. The largest absolute Gasteiger partial charge is 0.370 e. The van der Waals surface area contributed by atoms with Crippen molar-refractivity contribution in [2.24, 2.45) is 0 Å². The number of carbonyl (C=O) groups excluding carboxylic acids is 3. The maximum Gasteiger partial charge on any atom is 0.249 e. The predicted molar refractivity (Wildman–Crippen MR) is 190 cm³/mol. The van der Waals surface area contributed by atoms with Crippen LogP contribution in [-0.4, -0.2) is 85.5 Å². The first-order chi connectivity index (χ1) is 23.8. The number of nitrogens with one attached hydrogen (secondary N) is 2. The first-order valence-electron chi connectivity index (χ1n) is 17.2. The van der Waals surface area contributed by atoms with Crippen molar-refractivity contribution >= 4 is 28.5 Å². The highest BCUT2D eigenvalue weighted by Crippen LogP contribution is 2.21. The van der Waals surface area contributed by atoms with E-state index in [2.05, 4.69) is 10.6 Å². The molecule has 1 fully saturated rings. The van der Waals surface area contributed by atoms with Crippen molar-refractivity contribution in [1.29, 1.82) is 0 Å². The zero-order chi connectivity index (χ0) is 34.6. The molecule has 0 bridgehead atoms. The van der Waals surface area contributed by atoms with E-state index in [1.54, 1.807) is 24.1 Å². The zero-order valence-corrected chi connectivity index (χ0v) is 28.4. The van der Waals surface area contributed by atoms with Crippen molar-refractivity contribution in [1.82, 2.24) is 20.4 Å². The maximum atomic E-state index is 14.6. The molecule has 0 saturated carbocycles. The zero-order valence-electron chi connectivity index (χ0n) is 28.4. The fourth-order valence-corrected chi connectivity index (χ4v) is 6.49. The summed E-state index contributed by atoms with van der Waals surface area (Å²) >= 11 is 0. The Hall–Kier alpha value is -4.60. The predicted octanol–water partition coefficient (Wildman–Crippen LogP) is 4.94. The van der Waals surface area contributed by atoms with Gasteiger partial charge >= 0.3 is 0 Å². The van der Waals surface area contributed by atoms with E-state index in [1.165, 1.54) is 17.0 Å². The summed E-state index contributed by atoms with van der Waals surface area (Å²) in [4.78, 5) is 45.2. The van der Waals surface area contributed by atoms with Gasteiger partial charge < -0.3 is 25.2 Å². The number of hydrogen-bond acceptors (Lipinski definition) is 5. The Morgan fingerprint density at radius 2 is 1.57 bits per heavy atom. The molecule has 1 saturated heterocycles. The molecule has 1 heterocycles. The van der Waals surface area contributed by atoms with Gasteiger partial charge in [0.25, 0.3) is 0 Å². The molecule has 0 aromatic heterocycles. The molecule has 2 N–H and O–H groups in total. The van der Waals surface area contributed by atoms with E-state index in [4.69, 9.17) is 4.74 Å². The van der Waals surface area contributed by atoms with Gasteiger partial charge in [-0.05, 0) is 72.3 Å². The molecule has 4 aromatic carbocycles. The normalized spacial score (nSPS) is 15.4. The van der Waals surface area contributed by atoms with Crippen LogP contribution >= 0.6 is 0 Å². The lowest BCUT2D eigenvalue weighted by atomic mass is 9.98. The highest BCUT2D eigenvalue weighted by atomic mass is 19.1. The van der Waals surface area contributed by atoms with Crippen LogP contribution in [0.15, 0.2) is 97.1 Å². The summed E-state index contributed by atoms with van der Waals surface area (Å²) in [6, 6.07) is 28.3. The third kappa shape index (κ3) is 9.96. The summed E-state index contributed by atoms with van der Waals surface area (Å²) in [6.45, 7) is 3.75. The first-order valence-corrected chi connectivity index (χ1v) is 17.2. The lowest BCUT2D eigenvalue weighted by Crippen LogP contribution is -2.57. The molecule has 3 atom stereocenters. The standard InChI is InChI=1S/C40H47FN4O4/c1-3-45(38(46)28-49-27-35-14-9-22-42-35)37(26-31-15-18-32-12-7-8-13-33(32)24-31)40(48)44(2)36(25-30-16-19-34(41)20-17-30)39(47)43-23-21-29-10-5-4-6-11-29/h4-8,10-13,15-20,24,35-37,42H,3,9,14,21-23,25-28H2,1-2H3,(H,43,47)/t35-,36-,37-/m1/s1. The van der Waals surface area contributed by atoms with Gasteiger partial charge in [-0.15, -0.1) is 0 Å². The molecule has 1 aliphatic rings. The van der Waals surface area contributed by atoms with Crippen LogP contribution in [0, 0.1) is 5.82 Å². The van der Waals surface area contributed by atoms with Crippen LogP contribution in [0.3, 0.4) is 0 Å². The highest BCUT2D eigenvalue weighted by Gasteiger charge is 2.36.